The Hall–Kier alpha value is -1.75. The van der Waals surface area contributed by atoms with Gasteiger partial charge in [0.25, 0.3) is 0 Å². The first kappa shape index (κ1) is 18.6. The Balaban J connectivity index is 1.76. The van der Waals surface area contributed by atoms with Crippen LogP contribution in [-0.4, -0.2) is 55.4 Å². The Morgan fingerprint density at radius 1 is 1.17 bits per heavy atom. The summed E-state index contributed by atoms with van der Waals surface area (Å²) >= 11 is 0. The number of urea groups is 1. The Labute approximate surface area is 145 Å². The maximum atomic E-state index is 12.4. The topological polar surface area (TPSA) is 55.8 Å². The van der Waals surface area contributed by atoms with Crippen molar-refractivity contribution in [2.45, 2.75) is 26.7 Å². The van der Waals surface area contributed by atoms with E-state index < -0.39 is 0 Å². The van der Waals surface area contributed by atoms with E-state index in [1.54, 1.807) is 0 Å². The van der Waals surface area contributed by atoms with Crippen molar-refractivity contribution in [2.75, 3.05) is 44.2 Å². The molecule has 1 aromatic carbocycles. The van der Waals surface area contributed by atoms with Gasteiger partial charge in [0.2, 0.25) is 0 Å². The van der Waals surface area contributed by atoms with E-state index in [9.17, 15) is 9.90 Å². The van der Waals surface area contributed by atoms with Crippen molar-refractivity contribution in [3.05, 3.63) is 30.3 Å². The van der Waals surface area contributed by atoms with Gasteiger partial charge in [0.05, 0.1) is 0 Å². The third-order valence-electron chi connectivity index (χ3n) is 4.57. The molecule has 134 valence electrons. The van der Waals surface area contributed by atoms with Gasteiger partial charge in [-0.05, 0) is 36.8 Å². The SMILES string of the molecule is CC(C)CC(CCO)CNC(=O)N1CCN(c2ccccc2)CC1. The highest BCUT2D eigenvalue weighted by atomic mass is 16.3. The number of benzene rings is 1. The molecule has 2 N–H and O–H groups in total. The Bertz CT molecular complexity index is 485. The van der Waals surface area contributed by atoms with Gasteiger partial charge in [-0.3, -0.25) is 0 Å². The van der Waals surface area contributed by atoms with E-state index in [0.29, 0.717) is 18.4 Å². The third kappa shape index (κ3) is 5.71. The lowest BCUT2D eigenvalue weighted by molar-refractivity contribution is 0.188. The molecule has 0 bridgehead atoms. The quantitative estimate of drug-likeness (QED) is 0.806. The number of piperazine rings is 1. The molecule has 1 unspecified atom stereocenters. The summed E-state index contributed by atoms with van der Waals surface area (Å²) in [5.41, 5.74) is 1.22. The molecular weight excluding hydrogens is 302 g/mol. The van der Waals surface area contributed by atoms with Crippen LogP contribution in [0.1, 0.15) is 26.7 Å². The number of aliphatic hydroxyl groups is 1. The van der Waals surface area contributed by atoms with Crippen molar-refractivity contribution in [3.63, 3.8) is 0 Å². The Morgan fingerprint density at radius 3 is 2.42 bits per heavy atom. The number of hydrogen-bond acceptors (Lipinski definition) is 3. The first-order chi connectivity index (χ1) is 11.6. The summed E-state index contributed by atoms with van der Waals surface area (Å²) in [6, 6.07) is 10.4. The van der Waals surface area contributed by atoms with Crippen LogP contribution in [0.5, 0.6) is 0 Å². The van der Waals surface area contributed by atoms with Crippen LogP contribution in [0, 0.1) is 11.8 Å². The maximum absolute atomic E-state index is 12.4. The predicted octanol–water partition coefficient (Wildman–Crippen LogP) is 2.56. The van der Waals surface area contributed by atoms with Crippen LogP contribution >= 0.6 is 0 Å². The van der Waals surface area contributed by atoms with Crippen LogP contribution in [0.25, 0.3) is 0 Å². The molecule has 1 aliphatic rings. The fraction of sp³-hybridized carbons (Fsp3) is 0.632. The van der Waals surface area contributed by atoms with E-state index in [0.717, 1.165) is 39.0 Å². The van der Waals surface area contributed by atoms with Gasteiger partial charge < -0.3 is 20.2 Å². The molecule has 2 amide bonds. The highest BCUT2D eigenvalue weighted by molar-refractivity contribution is 5.74. The maximum Gasteiger partial charge on any atom is 0.317 e. The largest absolute Gasteiger partial charge is 0.396 e. The van der Waals surface area contributed by atoms with Crippen LogP contribution in [0.3, 0.4) is 0 Å². The highest BCUT2D eigenvalue weighted by Gasteiger charge is 2.22. The summed E-state index contributed by atoms with van der Waals surface area (Å²) in [5.74, 6) is 0.928. The van der Waals surface area contributed by atoms with E-state index >= 15 is 0 Å². The van der Waals surface area contributed by atoms with Crippen molar-refractivity contribution < 1.29 is 9.90 Å². The lowest BCUT2D eigenvalue weighted by Crippen LogP contribution is -2.52. The molecule has 5 heteroatoms. The van der Waals surface area contributed by atoms with Crippen LogP contribution < -0.4 is 10.2 Å². The van der Waals surface area contributed by atoms with Crippen molar-refractivity contribution in [1.29, 1.82) is 0 Å². The van der Waals surface area contributed by atoms with E-state index in [2.05, 4.69) is 36.2 Å². The molecule has 1 fully saturated rings. The van der Waals surface area contributed by atoms with Gasteiger partial charge in [0.1, 0.15) is 0 Å². The second kappa shape index (κ2) is 9.52. The van der Waals surface area contributed by atoms with Gasteiger partial charge in [0, 0.05) is 45.0 Å². The number of rotatable bonds is 7. The molecule has 5 nitrogen and oxygen atoms in total. The van der Waals surface area contributed by atoms with Gasteiger partial charge >= 0.3 is 6.03 Å². The third-order valence-corrected chi connectivity index (χ3v) is 4.57. The lowest BCUT2D eigenvalue weighted by atomic mass is 9.94. The van der Waals surface area contributed by atoms with Gasteiger partial charge in [-0.15, -0.1) is 0 Å². The van der Waals surface area contributed by atoms with E-state index in [4.69, 9.17) is 0 Å². The first-order valence-electron chi connectivity index (χ1n) is 9.03. The number of nitrogens with one attached hydrogen (secondary N) is 1. The number of amides is 2. The van der Waals surface area contributed by atoms with E-state index in [1.807, 2.05) is 23.1 Å². The van der Waals surface area contributed by atoms with E-state index in [1.165, 1.54) is 5.69 Å². The zero-order valence-electron chi connectivity index (χ0n) is 14.9. The molecule has 0 saturated carbocycles. The summed E-state index contributed by atoms with van der Waals surface area (Å²) in [6.45, 7) is 8.40. The van der Waals surface area contributed by atoms with Crippen molar-refractivity contribution in [2.24, 2.45) is 11.8 Å². The first-order valence-corrected chi connectivity index (χ1v) is 9.03. The second-order valence-corrected chi connectivity index (χ2v) is 7.00. The summed E-state index contributed by atoms with van der Waals surface area (Å²) in [4.78, 5) is 16.6. The van der Waals surface area contributed by atoms with Crippen LogP contribution in [0.2, 0.25) is 0 Å². The summed E-state index contributed by atoms with van der Waals surface area (Å²) < 4.78 is 0. The van der Waals surface area contributed by atoms with Crippen molar-refractivity contribution in [1.82, 2.24) is 10.2 Å². The number of aliphatic hydroxyl groups excluding tert-OH is 1. The molecule has 1 atom stereocenters. The predicted molar refractivity (Wildman–Crippen MR) is 98.3 cm³/mol. The average molecular weight is 333 g/mol. The molecule has 2 rings (SSSR count). The zero-order chi connectivity index (χ0) is 17.4. The van der Waals surface area contributed by atoms with Crippen LogP contribution in [-0.2, 0) is 0 Å². The number of carbonyl (C=O) groups excluding carboxylic acids is 1. The molecule has 24 heavy (non-hydrogen) atoms. The smallest absolute Gasteiger partial charge is 0.317 e. The highest BCUT2D eigenvalue weighted by Crippen LogP contribution is 2.16. The molecule has 0 spiro atoms. The number of nitrogens with zero attached hydrogens (tertiary/aromatic N) is 2. The molecule has 1 aromatic rings. The van der Waals surface area contributed by atoms with Crippen LogP contribution in [0.4, 0.5) is 10.5 Å². The van der Waals surface area contributed by atoms with Gasteiger partial charge in [0.15, 0.2) is 0 Å². The van der Waals surface area contributed by atoms with Crippen LogP contribution in [0.15, 0.2) is 30.3 Å². The fourth-order valence-electron chi connectivity index (χ4n) is 3.30. The number of hydrogen-bond donors (Lipinski definition) is 2. The number of carbonyl (C=O) groups is 1. The zero-order valence-corrected chi connectivity index (χ0v) is 14.9. The standard InChI is InChI=1S/C19H31N3O2/c1-16(2)14-17(8-13-23)15-20-19(24)22-11-9-21(10-12-22)18-6-4-3-5-7-18/h3-7,16-17,23H,8-15H2,1-2H3,(H,20,24). The molecular formula is C19H31N3O2. The van der Waals surface area contributed by atoms with Crippen molar-refractivity contribution in [3.8, 4) is 0 Å². The number of anilines is 1. The summed E-state index contributed by atoms with van der Waals surface area (Å²) in [5, 5.41) is 12.2. The summed E-state index contributed by atoms with van der Waals surface area (Å²) in [6.07, 6.45) is 1.78. The molecule has 0 radical (unpaired) electrons. The number of para-hydroxylation sites is 1. The fourth-order valence-corrected chi connectivity index (χ4v) is 3.30. The Morgan fingerprint density at radius 2 is 1.83 bits per heavy atom. The molecule has 1 saturated heterocycles. The lowest BCUT2D eigenvalue weighted by Gasteiger charge is -2.36. The average Bonchev–Trinajstić information content (AvgIpc) is 2.60. The molecule has 1 aliphatic heterocycles. The molecule has 0 aliphatic carbocycles. The minimum atomic E-state index is 0.0226. The molecule has 1 heterocycles. The second-order valence-electron chi connectivity index (χ2n) is 7.00. The summed E-state index contributed by atoms with van der Waals surface area (Å²) in [7, 11) is 0. The van der Waals surface area contributed by atoms with Crippen molar-refractivity contribution >= 4 is 11.7 Å². The van der Waals surface area contributed by atoms with Gasteiger partial charge in [-0.25, -0.2) is 4.79 Å². The normalized spacial score (nSPS) is 16.3. The Kier molecular flexibility index (Phi) is 7.37. The van der Waals surface area contributed by atoms with Gasteiger partial charge in [-0.2, -0.15) is 0 Å². The molecule has 0 aromatic heterocycles. The van der Waals surface area contributed by atoms with Gasteiger partial charge in [-0.1, -0.05) is 32.0 Å². The monoisotopic (exact) mass is 333 g/mol. The minimum Gasteiger partial charge on any atom is -0.396 e. The minimum absolute atomic E-state index is 0.0226. The van der Waals surface area contributed by atoms with E-state index in [-0.39, 0.29) is 12.6 Å².